The van der Waals surface area contributed by atoms with Crippen LogP contribution in [0.4, 0.5) is 10.5 Å². The average molecular weight is 387 g/mol. The highest BCUT2D eigenvalue weighted by Crippen LogP contribution is 2.29. The SMILES string of the molecule is CCc1ccc(N2C(=O)NC(=O)/C(=C\c3c(C)n(C)c4ccccc34)C2=O)cc1. The molecule has 1 aliphatic rings. The topological polar surface area (TPSA) is 71.4 Å². The highest BCUT2D eigenvalue weighted by atomic mass is 16.2. The van der Waals surface area contributed by atoms with Crippen molar-refractivity contribution in [3.05, 3.63) is 70.9 Å². The van der Waals surface area contributed by atoms with Gasteiger partial charge in [0.1, 0.15) is 5.57 Å². The van der Waals surface area contributed by atoms with Gasteiger partial charge in [-0.1, -0.05) is 37.3 Å². The number of para-hydroxylation sites is 1. The second-order valence-electron chi connectivity index (χ2n) is 7.05. The van der Waals surface area contributed by atoms with Gasteiger partial charge in [0, 0.05) is 29.2 Å². The van der Waals surface area contributed by atoms with Crippen molar-refractivity contribution in [1.82, 2.24) is 9.88 Å². The van der Waals surface area contributed by atoms with Gasteiger partial charge in [0.25, 0.3) is 11.8 Å². The Hall–Kier alpha value is -3.67. The molecular formula is C23H21N3O3. The summed E-state index contributed by atoms with van der Waals surface area (Å²) in [7, 11) is 1.94. The van der Waals surface area contributed by atoms with Crippen molar-refractivity contribution in [1.29, 1.82) is 0 Å². The number of carbonyl (C=O) groups excluding carboxylic acids is 3. The van der Waals surface area contributed by atoms with Crippen molar-refractivity contribution < 1.29 is 14.4 Å². The second-order valence-corrected chi connectivity index (χ2v) is 7.05. The normalized spacial score (nSPS) is 16.0. The average Bonchev–Trinajstić information content (AvgIpc) is 2.96. The molecule has 3 aromatic rings. The molecule has 1 aromatic heterocycles. The van der Waals surface area contributed by atoms with Crippen LogP contribution in [0.2, 0.25) is 0 Å². The molecule has 1 aliphatic heterocycles. The molecule has 0 atom stereocenters. The van der Waals surface area contributed by atoms with Gasteiger partial charge in [-0.05, 0) is 43.2 Å². The van der Waals surface area contributed by atoms with E-state index in [2.05, 4.69) is 5.32 Å². The van der Waals surface area contributed by atoms with Crippen molar-refractivity contribution >= 4 is 40.5 Å². The summed E-state index contributed by atoms with van der Waals surface area (Å²) in [6, 6.07) is 14.2. The quantitative estimate of drug-likeness (QED) is 0.550. The zero-order chi connectivity index (χ0) is 20.7. The number of barbiturate groups is 1. The van der Waals surface area contributed by atoms with Gasteiger partial charge in [-0.25, -0.2) is 9.69 Å². The van der Waals surface area contributed by atoms with Gasteiger partial charge in [0.2, 0.25) is 0 Å². The highest BCUT2D eigenvalue weighted by Gasteiger charge is 2.37. The number of amides is 4. The number of hydrogen-bond acceptors (Lipinski definition) is 3. The van der Waals surface area contributed by atoms with Crippen LogP contribution in [0.25, 0.3) is 17.0 Å². The molecule has 6 heteroatoms. The molecule has 0 radical (unpaired) electrons. The van der Waals surface area contributed by atoms with E-state index in [1.807, 2.05) is 61.9 Å². The second kappa shape index (κ2) is 7.05. The lowest BCUT2D eigenvalue weighted by Gasteiger charge is -2.26. The van der Waals surface area contributed by atoms with E-state index in [9.17, 15) is 14.4 Å². The Bertz CT molecular complexity index is 1190. The molecule has 2 aromatic carbocycles. The summed E-state index contributed by atoms with van der Waals surface area (Å²) in [4.78, 5) is 39.0. The molecule has 29 heavy (non-hydrogen) atoms. The first-order valence-electron chi connectivity index (χ1n) is 9.46. The standard InChI is InChI=1S/C23H21N3O3/c1-4-15-9-11-16(12-10-15)26-22(28)19(21(27)24-23(26)29)13-18-14(2)25(3)20-8-6-5-7-17(18)20/h5-13H,4H2,1-3H3,(H,24,27,29)/b19-13+. The minimum absolute atomic E-state index is 0.0661. The van der Waals surface area contributed by atoms with Crippen LogP contribution in [0.15, 0.2) is 54.1 Å². The van der Waals surface area contributed by atoms with Crippen molar-refractivity contribution in [3.63, 3.8) is 0 Å². The minimum Gasteiger partial charge on any atom is -0.347 e. The van der Waals surface area contributed by atoms with Crippen LogP contribution in [-0.2, 0) is 23.1 Å². The Kier molecular flexibility index (Phi) is 4.54. The number of nitrogens with one attached hydrogen (secondary N) is 1. The summed E-state index contributed by atoms with van der Waals surface area (Å²) in [5, 5.41) is 3.22. The Morgan fingerprint density at radius 2 is 1.69 bits per heavy atom. The maximum atomic E-state index is 13.1. The maximum absolute atomic E-state index is 13.1. The molecule has 4 rings (SSSR count). The summed E-state index contributed by atoms with van der Waals surface area (Å²) >= 11 is 0. The Morgan fingerprint density at radius 1 is 1.00 bits per heavy atom. The lowest BCUT2D eigenvalue weighted by atomic mass is 10.0. The molecular weight excluding hydrogens is 366 g/mol. The van der Waals surface area contributed by atoms with Crippen LogP contribution in [0.3, 0.4) is 0 Å². The third kappa shape index (κ3) is 3.02. The lowest BCUT2D eigenvalue weighted by Crippen LogP contribution is -2.54. The highest BCUT2D eigenvalue weighted by molar-refractivity contribution is 6.39. The molecule has 1 saturated heterocycles. The smallest absolute Gasteiger partial charge is 0.335 e. The van der Waals surface area contributed by atoms with Gasteiger partial charge in [-0.3, -0.25) is 14.9 Å². The molecule has 146 valence electrons. The molecule has 0 bridgehead atoms. The number of carbonyl (C=O) groups is 3. The molecule has 4 amide bonds. The molecule has 1 fully saturated rings. The molecule has 0 unspecified atom stereocenters. The Labute approximate surface area is 168 Å². The van der Waals surface area contributed by atoms with Crippen LogP contribution >= 0.6 is 0 Å². The number of rotatable bonds is 3. The first kappa shape index (κ1) is 18.7. The molecule has 6 nitrogen and oxygen atoms in total. The number of fused-ring (bicyclic) bond motifs is 1. The molecule has 0 aliphatic carbocycles. The summed E-state index contributed by atoms with van der Waals surface area (Å²) in [6.07, 6.45) is 2.43. The van der Waals surface area contributed by atoms with Gasteiger partial charge in [-0.2, -0.15) is 0 Å². The van der Waals surface area contributed by atoms with Crippen LogP contribution in [-0.4, -0.2) is 22.4 Å². The van der Waals surface area contributed by atoms with Crippen molar-refractivity contribution in [2.75, 3.05) is 4.90 Å². The van der Waals surface area contributed by atoms with E-state index in [-0.39, 0.29) is 5.57 Å². The fourth-order valence-electron chi connectivity index (χ4n) is 3.65. The van der Waals surface area contributed by atoms with Gasteiger partial charge in [0.15, 0.2) is 0 Å². The van der Waals surface area contributed by atoms with Crippen LogP contribution < -0.4 is 10.2 Å². The lowest BCUT2D eigenvalue weighted by molar-refractivity contribution is -0.122. The number of aromatic nitrogens is 1. The van der Waals surface area contributed by atoms with Crippen molar-refractivity contribution in [2.24, 2.45) is 7.05 Å². The summed E-state index contributed by atoms with van der Waals surface area (Å²) in [5.41, 5.74) is 4.18. The molecule has 0 spiro atoms. The van der Waals surface area contributed by atoms with Crippen molar-refractivity contribution in [3.8, 4) is 0 Å². The number of imide groups is 2. The largest absolute Gasteiger partial charge is 0.347 e. The predicted octanol–water partition coefficient (Wildman–Crippen LogP) is 3.72. The fraction of sp³-hybridized carbons (Fsp3) is 0.174. The number of aryl methyl sites for hydroxylation is 2. The molecule has 2 heterocycles. The third-order valence-electron chi connectivity index (χ3n) is 5.44. The maximum Gasteiger partial charge on any atom is 0.335 e. The zero-order valence-corrected chi connectivity index (χ0v) is 16.5. The predicted molar refractivity (Wildman–Crippen MR) is 112 cm³/mol. The monoisotopic (exact) mass is 387 g/mol. The Balaban J connectivity index is 1.81. The van der Waals surface area contributed by atoms with Gasteiger partial charge in [-0.15, -0.1) is 0 Å². The van der Waals surface area contributed by atoms with Crippen LogP contribution in [0.5, 0.6) is 0 Å². The first-order valence-corrected chi connectivity index (χ1v) is 9.46. The molecule has 0 saturated carbocycles. The van der Waals surface area contributed by atoms with Crippen LogP contribution in [0.1, 0.15) is 23.7 Å². The number of urea groups is 1. The molecule has 1 N–H and O–H groups in total. The van der Waals surface area contributed by atoms with E-state index in [4.69, 9.17) is 0 Å². The van der Waals surface area contributed by atoms with E-state index in [1.54, 1.807) is 18.2 Å². The number of benzene rings is 2. The summed E-state index contributed by atoms with van der Waals surface area (Å²) in [5.74, 6) is -1.32. The summed E-state index contributed by atoms with van der Waals surface area (Å²) in [6.45, 7) is 3.96. The van der Waals surface area contributed by atoms with Gasteiger partial charge < -0.3 is 4.57 Å². The number of anilines is 1. The number of hydrogen-bond donors (Lipinski definition) is 1. The zero-order valence-electron chi connectivity index (χ0n) is 16.5. The minimum atomic E-state index is -0.740. The fourth-order valence-corrected chi connectivity index (χ4v) is 3.65. The van der Waals surface area contributed by atoms with Crippen molar-refractivity contribution in [2.45, 2.75) is 20.3 Å². The van der Waals surface area contributed by atoms with E-state index >= 15 is 0 Å². The third-order valence-corrected chi connectivity index (χ3v) is 5.44. The van der Waals surface area contributed by atoms with E-state index in [0.717, 1.165) is 39.0 Å². The van der Waals surface area contributed by atoms with Gasteiger partial charge >= 0.3 is 6.03 Å². The van der Waals surface area contributed by atoms with Crippen LogP contribution in [0, 0.1) is 6.92 Å². The first-order chi connectivity index (χ1) is 13.9. The van der Waals surface area contributed by atoms with E-state index in [1.165, 1.54) is 0 Å². The van der Waals surface area contributed by atoms with E-state index in [0.29, 0.717) is 5.69 Å². The van der Waals surface area contributed by atoms with E-state index < -0.39 is 17.8 Å². The summed E-state index contributed by atoms with van der Waals surface area (Å²) < 4.78 is 2.01. The Morgan fingerprint density at radius 3 is 2.38 bits per heavy atom. The van der Waals surface area contributed by atoms with Gasteiger partial charge in [0.05, 0.1) is 5.69 Å². The number of nitrogens with zero attached hydrogens (tertiary/aromatic N) is 2.